The molecule has 0 aromatic heterocycles. The minimum Gasteiger partial charge on any atom is -0.459 e. The first-order chi connectivity index (χ1) is 13.8. The van der Waals surface area contributed by atoms with Crippen molar-refractivity contribution >= 4 is 17.9 Å². The lowest BCUT2D eigenvalue weighted by Gasteiger charge is -2.27. The SMILES string of the molecule is C=C(C)C(=O)OCC(F)(F)C(F)(F)C(F)(F)F.C=C(C)C(=O)OCCOC(=O)C(=C)C. The molecule has 0 rings (SSSR count). The van der Waals surface area contributed by atoms with Crippen LogP contribution in [0.2, 0.25) is 0 Å². The van der Waals surface area contributed by atoms with Gasteiger partial charge in [-0.2, -0.15) is 30.7 Å². The molecule has 0 heterocycles. The summed E-state index contributed by atoms with van der Waals surface area (Å²) >= 11 is 0. The zero-order chi connectivity index (χ0) is 25.2. The summed E-state index contributed by atoms with van der Waals surface area (Å²) in [5.41, 5.74) is 0.226. The van der Waals surface area contributed by atoms with Gasteiger partial charge >= 0.3 is 35.9 Å². The van der Waals surface area contributed by atoms with Gasteiger partial charge in [-0.05, 0) is 20.8 Å². The van der Waals surface area contributed by atoms with Gasteiger partial charge in [-0.15, -0.1) is 0 Å². The number of rotatable bonds is 9. The Morgan fingerprint density at radius 3 is 1.19 bits per heavy atom. The lowest BCUT2D eigenvalue weighted by atomic mass is 10.2. The zero-order valence-electron chi connectivity index (χ0n) is 16.8. The number of halogens is 7. The zero-order valence-corrected chi connectivity index (χ0v) is 16.8. The summed E-state index contributed by atoms with van der Waals surface area (Å²) in [6.45, 7) is 11.5. The van der Waals surface area contributed by atoms with E-state index in [0.717, 1.165) is 6.92 Å². The summed E-state index contributed by atoms with van der Waals surface area (Å²) in [6, 6.07) is 0. The maximum atomic E-state index is 12.5. The molecule has 178 valence electrons. The highest BCUT2D eigenvalue weighted by Gasteiger charge is 2.73. The van der Waals surface area contributed by atoms with Crippen molar-refractivity contribution < 1.29 is 59.3 Å². The molecule has 0 aliphatic carbocycles. The number of ether oxygens (including phenoxy) is 3. The summed E-state index contributed by atoms with van der Waals surface area (Å²) in [5.74, 6) is -14.3. The molecule has 0 unspecified atom stereocenters. The van der Waals surface area contributed by atoms with Gasteiger partial charge in [0.2, 0.25) is 0 Å². The van der Waals surface area contributed by atoms with Crippen molar-refractivity contribution in [2.24, 2.45) is 0 Å². The van der Waals surface area contributed by atoms with E-state index >= 15 is 0 Å². The number of alkyl halides is 7. The van der Waals surface area contributed by atoms with Crippen LogP contribution in [-0.2, 0) is 28.6 Å². The Morgan fingerprint density at radius 1 is 0.645 bits per heavy atom. The summed E-state index contributed by atoms with van der Waals surface area (Å²) in [4.78, 5) is 32.3. The maximum absolute atomic E-state index is 12.5. The summed E-state index contributed by atoms with van der Waals surface area (Å²) in [5, 5.41) is 0. The molecule has 0 amide bonds. The van der Waals surface area contributed by atoms with Gasteiger partial charge in [-0.1, -0.05) is 19.7 Å². The predicted molar refractivity (Wildman–Crippen MR) is 93.3 cm³/mol. The monoisotopic (exact) mass is 466 g/mol. The molecule has 13 heteroatoms. The molecule has 0 bridgehead atoms. The van der Waals surface area contributed by atoms with Crippen LogP contribution in [0.4, 0.5) is 30.7 Å². The molecule has 0 N–H and O–H groups in total. The highest BCUT2D eigenvalue weighted by molar-refractivity contribution is 5.87. The molecular formula is C18H21F7O6. The molecule has 0 atom stereocenters. The number of carbonyl (C=O) groups excluding carboxylic acids is 3. The average Bonchev–Trinajstić information content (AvgIpc) is 2.61. The first kappa shape index (κ1) is 30.3. The van der Waals surface area contributed by atoms with Crippen molar-refractivity contribution in [1.29, 1.82) is 0 Å². The predicted octanol–water partition coefficient (Wildman–Crippen LogP) is 4.16. The fraction of sp³-hybridized carbons (Fsp3) is 0.500. The molecule has 0 aromatic carbocycles. The third-order valence-corrected chi connectivity index (χ3v) is 2.79. The smallest absolute Gasteiger partial charge is 0.459 e. The number of esters is 3. The maximum Gasteiger partial charge on any atom is 0.460 e. The molecule has 0 radical (unpaired) electrons. The fourth-order valence-electron chi connectivity index (χ4n) is 1.09. The molecule has 0 spiro atoms. The van der Waals surface area contributed by atoms with Crippen molar-refractivity contribution in [3.05, 3.63) is 36.5 Å². The van der Waals surface area contributed by atoms with E-state index < -0.39 is 48.1 Å². The lowest BCUT2D eigenvalue weighted by molar-refractivity contribution is -0.359. The van der Waals surface area contributed by atoms with Gasteiger partial charge in [0, 0.05) is 16.7 Å². The van der Waals surface area contributed by atoms with E-state index in [9.17, 15) is 45.1 Å². The topological polar surface area (TPSA) is 78.9 Å². The number of hydrogen-bond acceptors (Lipinski definition) is 6. The van der Waals surface area contributed by atoms with Crippen LogP contribution in [0.5, 0.6) is 0 Å². The van der Waals surface area contributed by atoms with Crippen LogP contribution in [0, 0.1) is 0 Å². The Balaban J connectivity index is 0. The molecular weight excluding hydrogens is 445 g/mol. The van der Waals surface area contributed by atoms with Crippen LogP contribution >= 0.6 is 0 Å². The molecule has 0 aliphatic rings. The second kappa shape index (κ2) is 12.1. The first-order valence-corrected chi connectivity index (χ1v) is 8.08. The van der Waals surface area contributed by atoms with Gasteiger partial charge in [-0.3, -0.25) is 0 Å². The molecule has 0 saturated carbocycles. The van der Waals surface area contributed by atoms with Crippen molar-refractivity contribution in [2.75, 3.05) is 19.8 Å². The van der Waals surface area contributed by atoms with Crippen LogP contribution in [0.15, 0.2) is 36.5 Å². The Bertz CT molecular complexity index is 683. The van der Waals surface area contributed by atoms with Gasteiger partial charge < -0.3 is 14.2 Å². The molecule has 6 nitrogen and oxygen atoms in total. The Hall–Kier alpha value is -2.86. The first-order valence-electron chi connectivity index (χ1n) is 8.08. The standard InChI is InChI=1S/C10H14O4.C8H7F7O2/c1-7(2)9(11)13-5-6-14-10(12)8(3)4;1-4(2)5(16)17-3-6(9,10)7(11,12)8(13,14)15/h1,3,5-6H2,2,4H3;1,3H2,2H3. The Kier molecular flexibility index (Phi) is 11.8. The van der Waals surface area contributed by atoms with Crippen molar-refractivity contribution in [3.63, 3.8) is 0 Å². The lowest BCUT2D eigenvalue weighted by Crippen LogP contribution is -2.54. The summed E-state index contributed by atoms with van der Waals surface area (Å²) in [6.07, 6.45) is -6.44. The largest absolute Gasteiger partial charge is 0.460 e. The van der Waals surface area contributed by atoms with Crippen LogP contribution in [0.3, 0.4) is 0 Å². The minimum atomic E-state index is -6.44. The Morgan fingerprint density at radius 2 is 0.935 bits per heavy atom. The second-order valence-corrected chi connectivity index (χ2v) is 5.97. The van der Waals surface area contributed by atoms with E-state index in [1.54, 1.807) is 13.8 Å². The van der Waals surface area contributed by atoms with Crippen LogP contribution in [0.1, 0.15) is 20.8 Å². The second-order valence-electron chi connectivity index (χ2n) is 5.97. The Labute approximate surface area is 173 Å². The third kappa shape index (κ3) is 10.6. The summed E-state index contributed by atoms with van der Waals surface area (Å²) in [7, 11) is 0. The van der Waals surface area contributed by atoms with E-state index in [1.807, 2.05) is 0 Å². The highest BCUT2D eigenvalue weighted by atomic mass is 19.4. The van der Waals surface area contributed by atoms with Gasteiger partial charge in [-0.25, -0.2) is 14.4 Å². The van der Waals surface area contributed by atoms with Crippen molar-refractivity contribution in [1.82, 2.24) is 0 Å². The molecule has 31 heavy (non-hydrogen) atoms. The van der Waals surface area contributed by atoms with Gasteiger partial charge in [0.25, 0.3) is 0 Å². The normalized spacial score (nSPS) is 11.4. The molecule has 0 fully saturated rings. The quantitative estimate of drug-likeness (QED) is 0.167. The number of hydrogen-bond donors (Lipinski definition) is 0. The van der Waals surface area contributed by atoms with E-state index in [2.05, 4.69) is 33.9 Å². The minimum absolute atomic E-state index is 0.0325. The van der Waals surface area contributed by atoms with E-state index in [4.69, 9.17) is 0 Å². The fourth-order valence-corrected chi connectivity index (χ4v) is 1.09. The molecule has 0 saturated heterocycles. The summed E-state index contributed by atoms with van der Waals surface area (Å²) < 4.78 is 97.5. The van der Waals surface area contributed by atoms with Crippen LogP contribution in [0.25, 0.3) is 0 Å². The third-order valence-electron chi connectivity index (χ3n) is 2.79. The van der Waals surface area contributed by atoms with E-state index in [0.29, 0.717) is 11.1 Å². The van der Waals surface area contributed by atoms with Gasteiger partial charge in [0.15, 0.2) is 6.61 Å². The molecule has 0 aromatic rings. The van der Waals surface area contributed by atoms with Crippen molar-refractivity contribution in [3.8, 4) is 0 Å². The molecule has 0 aliphatic heterocycles. The van der Waals surface area contributed by atoms with Crippen molar-refractivity contribution in [2.45, 2.75) is 38.8 Å². The van der Waals surface area contributed by atoms with Gasteiger partial charge in [0.05, 0.1) is 0 Å². The number of carbonyl (C=O) groups is 3. The average molecular weight is 466 g/mol. The van der Waals surface area contributed by atoms with Crippen LogP contribution < -0.4 is 0 Å². The highest BCUT2D eigenvalue weighted by Crippen LogP contribution is 2.46. The van der Waals surface area contributed by atoms with Gasteiger partial charge in [0.1, 0.15) is 13.2 Å². The van der Waals surface area contributed by atoms with Crippen LogP contribution in [-0.4, -0.2) is 55.7 Å². The van der Waals surface area contributed by atoms with E-state index in [-0.39, 0.29) is 13.2 Å². The van der Waals surface area contributed by atoms with E-state index in [1.165, 1.54) is 0 Å².